The molecule has 1 N–H and O–H groups in total. The molecule has 5 heteroatoms. The average Bonchev–Trinajstić information content (AvgIpc) is 2.34. The molecule has 0 atom stereocenters. The van der Waals surface area contributed by atoms with Crippen LogP contribution in [0.15, 0.2) is 51.4 Å². The quantitative estimate of drug-likeness (QED) is 0.824. The Labute approximate surface area is 127 Å². The zero-order valence-corrected chi connectivity index (χ0v) is 13.0. The first kappa shape index (κ1) is 14.2. The van der Waals surface area contributed by atoms with Gasteiger partial charge in [-0.05, 0) is 51.8 Å². The molecule has 2 nitrogen and oxygen atoms in total. The van der Waals surface area contributed by atoms with E-state index in [1.165, 1.54) is 12.1 Å². The summed E-state index contributed by atoms with van der Waals surface area (Å²) in [6.45, 7) is 0. The molecule has 19 heavy (non-hydrogen) atoms. The summed E-state index contributed by atoms with van der Waals surface area (Å²) < 4.78 is 14.7. The van der Waals surface area contributed by atoms with Crippen LogP contribution in [0.2, 0.25) is 0 Å². The molecule has 0 radical (unpaired) electrons. The van der Waals surface area contributed by atoms with Crippen LogP contribution in [-0.4, -0.2) is 5.91 Å². The molecule has 1 amide bonds. The summed E-state index contributed by atoms with van der Waals surface area (Å²) in [5.74, 6) is -0.529. The van der Waals surface area contributed by atoms with Gasteiger partial charge in [-0.1, -0.05) is 28.1 Å². The second-order valence-electron chi connectivity index (χ2n) is 3.98. The van der Waals surface area contributed by atoms with Crippen molar-refractivity contribution in [2.24, 2.45) is 0 Å². The van der Waals surface area contributed by atoms with Crippen molar-refractivity contribution in [1.82, 2.24) is 0 Å². The lowest BCUT2D eigenvalue weighted by Crippen LogP contribution is -2.14. The Kier molecular flexibility index (Phi) is 4.71. The summed E-state index contributed by atoms with van der Waals surface area (Å²) >= 11 is 6.70. The number of halogens is 3. The van der Waals surface area contributed by atoms with E-state index in [1.807, 2.05) is 12.1 Å². The molecule has 0 saturated carbocycles. The average molecular weight is 387 g/mol. The first-order chi connectivity index (χ1) is 9.04. The standard InChI is InChI=1S/C14H10Br2FNO/c15-10-4-5-12(16)13(8-10)18-14(19)7-9-2-1-3-11(17)6-9/h1-6,8H,7H2,(H,18,19). The summed E-state index contributed by atoms with van der Waals surface area (Å²) in [5.41, 5.74) is 1.32. The van der Waals surface area contributed by atoms with Crippen LogP contribution < -0.4 is 5.32 Å². The van der Waals surface area contributed by atoms with Gasteiger partial charge in [0.15, 0.2) is 0 Å². The Morgan fingerprint density at radius 2 is 1.95 bits per heavy atom. The number of anilines is 1. The summed E-state index contributed by atoms with van der Waals surface area (Å²) in [6.07, 6.45) is 0.136. The predicted octanol–water partition coefficient (Wildman–Crippen LogP) is 4.53. The Morgan fingerprint density at radius 3 is 2.68 bits per heavy atom. The number of nitrogens with one attached hydrogen (secondary N) is 1. The third-order valence-electron chi connectivity index (χ3n) is 2.46. The molecule has 0 heterocycles. The summed E-state index contributed by atoms with van der Waals surface area (Å²) in [7, 11) is 0. The molecule has 2 rings (SSSR count). The lowest BCUT2D eigenvalue weighted by atomic mass is 10.1. The number of hydrogen-bond acceptors (Lipinski definition) is 1. The van der Waals surface area contributed by atoms with E-state index in [2.05, 4.69) is 37.2 Å². The van der Waals surface area contributed by atoms with Crippen molar-refractivity contribution in [3.05, 3.63) is 62.8 Å². The maximum absolute atomic E-state index is 13.0. The van der Waals surface area contributed by atoms with Crippen LogP contribution in [0.1, 0.15) is 5.56 Å². The van der Waals surface area contributed by atoms with Crippen LogP contribution in [0, 0.1) is 5.82 Å². The van der Waals surface area contributed by atoms with Gasteiger partial charge in [0.25, 0.3) is 0 Å². The summed E-state index contributed by atoms with van der Waals surface area (Å²) in [4.78, 5) is 11.9. The van der Waals surface area contributed by atoms with Crippen LogP contribution in [0.3, 0.4) is 0 Å². The van der Waals surface area contributed by atoms with Crippen molar-refractivity contribution >= 4 is 43.5 Å². The topological polar surface area (TPSA) is 29.1 Å². The van der Waals surface area contributed by atoms with Crippen molar-refractivity contribution in [1.29, 1.82) is 0 Å². The molecule has 0 aromatic heterocycles. The fourth-order valence-corrected chi connectivity index (χ4v) is 2.33. The molecule has 2 aromatic rings. The molecular weight excluding hydrogens is 377 g/mol. The fourth-order valence-electron chi connectivity index (χ4n) is 1.62. The minimum Gasteiger partial charge on any atom is -0.325 e. The van der Waals surface area contributed by atoms with Gasteiger partial charge in [-0.25, -0.2) is 4.39 Å². The molecule has 0 aliphatic carbocycles. The molecule has 2 aromatic carbocycles. The molecule has 0 fully saturated rings. The third-order valence-corrected chi connectivity index (χ3v) is 3.64. The van der Waals surface area contributed by atoms with Crippen molar-refractivity contribution in [2.75, 3.05) is 5.32 Å². The van der Waals surface area contributed by atoms with Gasteiger partial charge >= 0.3 is 0 Å². The number of hydrogen-bond donors (Lipinski definition) is 1. The van der Waals surface area contributed by atoms with E-state index in [9.17, 15) is 9.18 Å². The second-order valence-corrected chi connectivity index (χ2v) is 5.75. The number of carbonyl (C=O) groups excluding carboxylic acids is 1. The highest BCUT2D eigenvalue weighted by Crippen LogP contribution is 2.26. The summed E-state index contributed by atoms with van der Waals surface area (Å²) in [6, 6.07) is 11.5. The van der Waals surface area contributed by atoms with Crippen LogP contribution in [0.25, 0.3) is 0 Å². The van der Waals surface area contributed by atoms with Gasteiger partial charge in [-0.15, -0.1) is 0 Å². The van der Waals surface area contributed by atoms with E-state index >= 15 is 0 Å². The fraction of sp³-hybridized carbons (Fsp3) is 0.0714. The van der Waals surface area contributed by atoms with Gasteiger partial charge in [0, 0.05) is 8.95 Å². The van der Waals surface area contributed by atoms with Crippen LogP contribution in [0.4, 0.5) is 10.1 Å². The molecule has 98 valence electrons. The van der Waals surface area contributed by atoms with Gasteiger partial charge < -0.3 is 5.32 Å². The Hall–Kier alpha value is -1.20. The minimum absolute atomic E-state index is 0.136. The number of rotatable bonds is 3. The van der Waals surface area contributed by atoms with E-state index in [0.717, 1.165) is 8.95 Å². The zero-order valence-electron chi connectivity index (χ0n) is 9.79. The Balaban J connectivity index is 2.07. The molecular formula is C14H10Br2FNO. The van der Waals surface area contributed by atoms with Gasteiger partial charge in [0.2, 0.25) is 5.91 Å². The van der Waals surface area contributed by atoms with E-state index in [0.29, 0.717) is 11.3 Å². The van der Waals surface area contributed by atoms with E-state index in [-0.39, 0.29) is 18.1 Å². The van der Waals surface area contributed by atoms with Gasteiger partial charge in [-0.3, -0.25) is 4.79 Å². The van der Waals surface area contributed by atoms with Crippen molar-refractivity contribution < 1.29 is 9.18 Å². The molecule has 0 aliphatic rings. The predicted molar refractivity (Wildman–Crippen MR) is 80.6 cm³/mol. The van der Waals surface area contributed by atoms with Crippen molar-refractivity contribution in [2.45, 2.75) is 6.42 Å². The lowest BCUT2D eigenvalue weighted by molar-refractivity contribution is -0.115. The maximum Gasteiger partial charge on any atom is 0.228 e. The molecule has 0 spiro atoms. The molecule has 0 aliphatic heterocycles. The van der Waals surface area contributed by atoms with Crippen molar-refractivity contribution in [3.63, 3.8) is 0 Å². The lowest BCUT2D eigenvalue weighted by Gasteiger charge is -2.08. The van der Waals surface area contributed by atoms with E-state index in [1.54, 1.807) is 18.2 Å². The number of carbonyl (C=O) groups is 1. The van der Waals surface area contributed by atoms with E-state index < -0.39 is 0 Å². The smallest absolute Gasteiger partial charge is 0.228 e. The van der Waals surface area contributed by atoms with Gasteiger partial charge in [-0.2, -0.15) is 0 Å². The first-order valence-corrected chi connectivity index (χ1v) is 7.12. The number of benzene rings is 2. The summed E-state index contributed by atoms with van der Waals surface area (Å²) in [5, 5.41) is 2.78. The number of amides is 1. The highest BCUT2D eigenvalue weighted by Gasteiger charge is 2.07. The van der Waals surface area contributed by atoms with E-state index in [4.69, 9.17) is 0 Å². The third kappa shape index (κ3) is 4.14. The van der Waals surface area contributed by atoms with Crippen LogP contribution >= 0.6 is 31.9 Å². The molecule has 0 saturated heterocycles. The van der Waals surface area contributed by atoms with Gasteiger partial charge in [0.05, 0.1) is 12.1 Å². The highest BCUT2D eigenvalue weighted by molar-refractivity contribution is 9.11. The SMILES string of the molecule is O=C(Cc1cccc(F)c1)Nc1cc(Br)ccc1Br. The van der Waals surface area contributed by atoms with Crippen LogP contribution in [-0.2, 0) is 11.2 Å². The first-order valence-electron chi connectivity index (χ1n) is 5.54. The minimum atomic E-state index is -0.339. The second kappa shape index (κ2) is 6.30. The largest absolute Gasteiger partial charge is 0.325 e. The van der Waals surface area contributed by atoms with Crippen molar-refractivity contribution in [3.8, 4) is 0 Å². The Morgan fingerprint density at radius 1 is 1.16 bits per heavy atom. The molecule has 0 bridgehead atoms. The highest BCUT2D eigenvalue weighted by atomic mass is 79.9. The monoisotopic (exact) mass is 385 g/mol. The zero-order chi connectivity index (χ0) is 13.8. The maximum atomic E-state index is 13.0. The van der Waals surface area contributed by atoms with Crippen LogP contribution in [0.5, 0.6) is 0 Å². The van der Waals surface area contributed by atoms with Gasteiger partial charge in [0.1, 0.15) is 5.82 Å². The molecule has 0 unspecified atom stereocenters. The normalized spacial score (nSPS) is 10.3. The Bertz CT molecular complexity index is 616.